The second-order valence-electron chi connectivity index (χ2n) is 6.29. The first-order valence-electron chi connectivity index (χ1n) is 7.00. The Labute approximate surface area is 109 Å². The van der Waals surface area contributed by atoms with Gasteiger partial charge in [-0.05, 0) is 38.5 Å². The molecule has 2 amide bonds. The van der Waals surface area contributed by atoms with E-state index in [4.69, 9.17) is 0 Å². The molecule has 0 aromatic heterocycles. The molecule has 2 unspecified atom stereocenters. The van der Waals surface area contributed by atoms with Crippen molar-refractivity contribution < 1.29 is 9.59 Å². The van der Waals surface area contributed by atoms with E-state index in [1.165, 1.54) is 12.8 Å². The second kappa shape index (κ2) is 4.56. The van der Waals surface area contributed by atoms with Crippen LogP contribution < -0.4 is 5.32 Å². The summed E-state index contributed by atoms with van der Waals surface area (Å²) in [7, 11) is 0. The number of rotatable bonds is 4. The van der Waals surface area contributed by atoms with Crippen molar-refractivity contribution in [3.05, 3.63) is 0 Å². The average Bonchev–Trinajstić information content (AvgIpc) is 3.12. The van der Waals surface area contributed by atoms with Crippen LogP contribution in [0.15, 0.2) is 0 Å². The second-order valence-corrected chi connectivity index (χ2v) is 6.29. The van der Waals surface area contributed by atoms with Gasteiger partial charge >= 0.3 is 0 Å². The van der Waals surface area contributed by atoms with E-state index in [0.717, 1.165) is 13.0 Å². The van der Waals surface area contributed by atoms with Crippen molar-refractivity contribution in [3.63, 3.8) is 0 Å². The molecule has 2 rings (SSSR count). The van der Waals surface area contributed by atoms with Gasteiger partial charge in [-0.1, -0.05) is 20.3 Å². The van der Waals surface area contributed by atoms with Crippen LogP contribution in [0.2, 0.25) is 0 Å². The Bertz CT molecular complexity index is 361. The van der Waals surface area contributed by atoms with Crippen LogP contribution in [0, 0.1) is 11.8 Å². The highest BCUT2D eigenvalue weighted by Crippen LogP contribution is 2.34. The van der Waals surface area contributed by atoms with Gasteiger partial charge in [0.2, 0.25) is 11.8 Å². The number of carbonyl (C=O) groups excluding carboxylic acids is 2. The van der Waals surface area contributed by atoms with Gasteiger partial charge in [0, 0.05) is 6.54 Å². The van der Waals surface area contributed by atoms with Crippen LogP contribution in [0.3, 0.4) is 0 Å². The number of piperazine rings is 1. The molecule has 0 aromatic rings. The first-order valence-corrected chi connectivity index (χ1v) is 7.00. The van der Waals surface area contributed by atoms with Gasteiger partial charge in [0.05, 0.1) is 0 Å². The van der Waals surface area contributed by atoms with E-state index >= 15 is 0 Å². The number of hydrogen-bond acceptors (Lipinski definition) is 2. The Morgan fingerprint density at radius 3 is 2.50 bits per heavy atom. The normalized spacial score (nSPS) is 29.1. The summed E-state index contributed by atoms with van der Waals surface area (Å²) in [6.45, 7) is 8.50. The van der Waals surface area contributed by atoms with E-state index in [0.29, 0.717) is 5.92 Å². The lowest BCUT2D eigenvalue weighted by Gasteiger charge is -2.45. The molecular weight excluding hydrogens is 228 g/mol. The molecule has 1 saturated carbocycles. The van der Waals surface area contributed by atoms with Gasteiger partial charge in [-0.3, -0.25) is 9.59 Å². The highest BCUT2D eigenvalue weighted by Gasteiger charge is 2.48. The largest absolute Gasteiger partial charge is 0.342 e. The molecule has 0 spiro atoms. The van der Waals surface area contributed by atoms with E-state index in [1.54, 1.807) is 4.90 Å². The summed E-state index contributed by atoms with van der Waals surface area (Å²) in [5.41, 5.74) is -0.705. The molecule has 2 aliphatic rings. The highest BCUT2D eigenvalue weighted by atomic mass is 16.2. The van der Waals surface area contributed by atoms with E-state index in [1.807, 2.05) is 20.8 Å². The van der Waals surface area contributed by atoms with Gasteiger partial charge < -0.3 is 10.2 Å². The van der Waals surface area contributed by atoms with Crippen molar-refractivity contribution >= 4 is 11.8 Å². The van der Waals surface area contributed by atoms with E-state index in [9.17, 15) is 9.59 Å². The smallest absolute Gasteiger partial charge is 0.246 e. The first kappa shape index (κ1) is 13.4. The summed E-state index contributed by atoms with van der Waals surface area (Å²) in [5.74, 6) is 0.880. The maximum Gasteiger partial charge on any atom is 0.246 e. The zero-order valence-corrected chi connectivity index (χ0v) is 11.8. The van der Waals surface area contributed by atoms with Crippen LogP contribution in [0.1, 0.15) is 47.0 Å². The molecule has 0 bridgehead atoms. The summed E-state index contributed by atoms with van der Waals surface area (Å²) in [4.78, 5) is 26.6. The van der Waals surface area contributed by atoms with Gasteiger partial charge in [-0.25, -0.2) is 0 Å². The number of carbonyl (C=O) groups is 2. The van der Waals surface area contributed by atoms with Crippen molar-refractivity contribution in [2.24, 2.45) is 11.8 Å². The fourth-order valence-corrected chi connectivity index (χ4v) is 2.44. The quantitative estimate of drug-likeness (QED) is 0.825. The molecule has 1 aliphatic heterocycles. The molecule has 1 saturated heterocycles. The predicted octanol–water partition coefficient (Wildman–Crippen LogP) is 1.55. The molecule has 0 aromatic carbocycles. The highest BCUT2D eigenvalue weighted by molar-refractivity contribution is 5.99. The maximum atomic E-state index is 12.6. The van der Waals surface area contributed by atoms with Gasteiger partial charge in [-0.2, -0.15) is 0 Å². The fraction of sp³-hybridized carbons (Fsp3) is 0.857. The average molecular weight is 252 g/mol. The van der Waals surface area contributed by atoms with Crippen LogP contribution in [0.5, 0.6) is 0 Å². The molecule has 4 nitrogen and oxygen atoms in total. The van der Waals surface area contributed by atoms with Crippen LogP contribution >= 0.6 is 0 Å². The molecule has 2 fully saturated rings. The number of nitrogens with one attached hydrogen (secondary N) is 1. The Hall–Kier alpha value is -1.06. The third kappa shape index (κ3) is 2.25. The van der Waals surface area contributed by atoms with Crippen molar-refractivity contribution in [3.8, 4) is 0 Å². The molecule has 1 N–H and O–H groups in total. The summed E-state index contributed by atoms with van der Waals surface area (Å²) in [6, 6.07) is -0.339. The third-order valence-electron chi connectivity index (χ3n) is 4.40. The van der Waals surface area contributed by atoms with Crippen molar-refractivity contribution in [2.45, 2.75) is 58.5 Å². The molecule has 102 valence electrons. The summed E-state index contributed by atoms with van der Waals surface area (Å²) in [5, 5.41) is 2.90. The van der Waals surface area contributed by atoms with E-state index in [2.05, 4.69) is 12.2 Å². The maximum absolute atomic E-state index is 12.6. The van der Waals surface area contributed by atoms with Crippen molar-refractivity contribution in [2.75, 3.05) is 6.54 Å². The van der Waals surface area contributed by atoms with E-state index < -0.39 is 5.54 Å². The summed E-state index contributed by atoms with van der Waals surface area (Å²) in [6.07, 6.45) is 3.28. The minimum absolute atomic E-state index is 0.0203. The molecule has 1 aliphatic carbocycles. The third-order valence-corrected chi connectivity index (χ3v) is 4.40. The molecule has 0 radical (unpaired) electrons. The lowest BCUT2D eigenvalue weighted by molar-refractivity contribution is -0.157. The van der Waals surface area contributed by atoms with Crippen LogP contribution in [-0.2, 0) is 9.59 Å². The lowest BCUT2D eigenvalue weighted by atomic mass is 9.89. The molecule has 4 heteroatoms. The summed E-state index contributed by atoms with van der Waals surface area (Å²) >= 11 is 0. The minimum atomic E-state index is -0.705. The first-order chi connectivity index (χ1) is 8.37. The number of amides is 2. The summed E-state index contributed by atoms with van der Waals surface area (Å²) < 4.78 is 0. The van der Waals surface area contributed by atoms with Crippen molar-refractivity contribution in [1.82, 2.24) is 10.2 Å². The minimum Gasteiger partial charge on any atom is -0.342 e. The van der Waals surface area contributed by atoms with Gasteiger partial charge in [0.25, 0.3) is 0 Å². The lowest BCUT2D eigenvalue weighted by Crippen LogP contribution is -2.69. The Morgan fingerprint density at radius 2 is 2.00 bits per heavy atom. The van der Waals surface area contributed by atoms with Gasteiger partial charge in [0.15, 0.2) is 0 Å². The molecule has 2 atom stereocenters. The van der Waals surface area contributed by atoms with Crippen LogP contribution in [-0.4, -0.2) is 34.8 Å². The molecule has 1 heterocycles. The van der Waals surface area contributed by atoms with Crippen LogP contribution in [0.25, 0.3) is 0 Å². The monoisotopic (exact) mass is 252 g/mol. The zero-order valence-electron chi connectivity index (χ0n) is 11.8. The van der Waals surface area contributed by atoms with Gasteiger partial charge in [0.1, 0.15) is 11.6 Å². The predicted molar refractivity (Wildman–Crippen MR) is 69.9 cm³/mol. The Morgan fingerprint density at radius 1 is 1.39 bits per heavy atom. The standard InChI is InChI=1S/C14H24N2O2/c1-5-9(2)11-12(17)16(8-10-6-7-10)14(3,4)13(18)15-11/h9-11H,5-8H2,1-4H3,(H,15,18). The van der Waals surface area contributed by atoms with Crippen LogP contribution in [0.4, 0.5) is 0 Å². The Kier molecular flexibility index (Phi) is 3.39. The topological polar surface area (TPSA) is 49.4 Å². The fourth-order valence-electron chi connectivity index (χ4n) is 2.44. The van der Waals surface area contributed by atoms with Crippen molar-refractivity contribution in [1.29, 1.82) is 0 Å². The van der Waals surface area contributed by atoms with Gasteiger partial charge in [-0.15, -0.1) is 0 Å². The number of nitrogens with zero attached hydrogens (tertiary/aromatic N) is 1. The molecule has 18 heavy (non-hydrogen) atoms. The van der Waals surface area contributed by atoms with E-state index in [-0.39, 0.29) is 23.8 Å². The number of hydrogen-bond donors (Lipinski definition) is 1. The zero-order chi connectivity index (χ0) is 13.5. The SMILES string of the molecule is CCC(C)C1NC(=O)C(C)(C)N(CC2CC2)C1=O. The Balaban J connectivity index is 2.20. The molecular formula is C14H24N2O2.